The maximum absolute atomic E-state index is 12.1. The van der Waals surface area contributed by atoms with Crippen LogP contribution in [0.2, 0.25) is 0 Å². The van der Waals surface area contributed by atoms with Gasteiger partial charge in [0.15, 0.2) is 0 Å². The molecule has 1 amide bonds. The van der Waals surface area contributed by atoms with Crippen molar-refractivity contribution < 1.29 is 4.79 Å². The van der Waals surface area contributed by atoms with Crippen LogP contribution in [0.25, 0.3) is 0 Å². The summed E-state index contributed by atoms with van der Waals surface area (Å²) in [7, 11) is 0. The highest BCUT2D eigenvalue weighted by molar-refractivity contribution is 7.11. The van der Waals surface area contributed by atoms with Crippen LogP contribution in [0.1, 0.15) is 31.5 Å². The second-order valence-corrected chi connectivity index (χ2v) is 5.58. The average molecular weight is 275 g/mol. The molecule has 0 atom stereocenters. The van der Waals surface area contributed by atoms with Gasteiger partial charge in [0.1, 0.15) is 5.01 Å². The molecule has 2 rings (SSSR count). The summed E-state index contributed by atoms with van der Waals surface area (Å²) in [5, 5.41) is 3.81. The molecular formula is C14H17N3OS. The van der Waals surface area contributed by atoms with E-state index in [0.717, 1.165) is 16.3 Å². The first-order valence-electron chi connectivity index (χ1n) is 6.11. The summed E-state index contributed by atoms with van der Waals surface area (Å²) < 4.78 is 0. The number of hydrogen-bond acceptors (Lipinski definition) is 4. The minimum Gasteiger partial charge on any atom is -0.346 e. The van der Waals surface area contributed by atoms with Crippen LogP contribution in [0.5, 0.6) is 0 Å². The molecule has 1 heterocycles. The smallest absolute Gasteiger partial charge is 0.251 e. The lowest BCUT2D eigenvalue weighted by Gasteiger charge is -2.07. The quantitative estimate of drug-likeness (QED) is 0.898. The van der Waals surface area contributed by atoms with E-state index in [0.29, 0.717) is 18.7 Å². The number of aromatic nitrogens is 1. The predicted octanol–water partition coefficient (Wildman–Crippen LogP) is 2.15. The predicted molar refractivity (Wildman–Crippen MR) is 77.1 cm³/mol. The van der Waals surface area contributed by atoms with Gasteiger partial charge in [0.25, 0.3) is 5.91 Å². The second-order valence-electron chi connectivity index (χ2n) is 4.29. The molecule has 0 fully saturated rings. The minimum absolute atomic E-state index is 0.105. The van der Waals surface area contributed by atoms with E-state index in [-0.39, 0.29) is 5.91 Å². The van der Waals surface area contributed by atoms with Gasteiger partial charge >= 0.3 is 0 Å². The van der Waals surface area contributed by atoms with Crippen LogP contribution >= 0.6 is 11.3 Å². The van der Waals surface area contributed by atoms with Crippen molar-refractivity contribution in [3.05, 3.63) is 51.0 Å². The van der Waals surface area contributed by atoms with Gasteiger partial charge in [-0.25, -0.2) is 4.98 Å². The zero-order valence-electron chi connectivity index (χ0n) is 11.1. The summed E-state index contributed by atoms with van der Waals surface area (Å²) in [5.41, 5.74) is 8.14. The van der Waals surface area contributed by atoms with Crippen LogP contribution in [0.4, 0.5) is 0 Å². The average Bonchev–Trinajstić information content (AvgIpc) is 2.75. The van der Waals surface area contributed by atoms with Crippen molar-refractivity contribution in [3.8, 4) is 0 Å². The molecule has 100 valence electrons. The molecule has 0 saturated carbocycles. The SMILES string of the molecule is Cc1nc(CNC(=O)c2ccccc2CN)sc1C. The Bertz CT molecular complexity index is 573. The van der Waals surface area contributed by atoms with E-state index in [2.05, 4.69) is 10.3 Å². The number of hydrogen-bond donors (Lipinski definition) is 2. The highest BCUT2D eigenvalue weighted by Crippen LogP contribution is 2.16. The van der Waals surface area contributed by atoms with Gasteiger partial charge in [0.05, 0.1) is 12.2 Å². The Morgan fingerprint density at radius 1 is 1.37 bits per heavy atom. The fourth-order valence-electron chi connectivity index (χ4n) is 1.79. The van der Waals surface area contributed by atoms with E-state index in [1.54, 1.807) is 17.4 Å². The van der Waals surface area contributed by atoms with Crippen LogP contribution in [0.15, 0.2) is 24.3 Å². The number of nitrogens with two attached hydrogens (primary N) is 1. The maximum Gasteiger partial charge on any atom is 0.251 e. The molecule has 0 saturated heterocycles. The fraction of sp³-hybridized carbons (Fsp3) is 0.286. The number of nitrogens with zero attached hydrogens (tertiary/aromatic N) is 1. The number of aryl methyl sites for hydroxylation is 2. The molecule has 5 heteroatoms. The molecule has 0 radical (unpaired) electrons. The Morgan fingerprint density at radius 3 is 2.74 bits per heavy atom. The number of amides is 1. The van der Waals surface area contributed by atoms with Crippen molar-refractivity contribution >= 4 is 17.2 Å². The Morgan fingerprint density at radius 2 is 2.11 bits per heavy atom. The van der Waals surface area contributed by atoms with Gasteiger partial charge in [-0.15, -0.1) is 11.3 Å². The first-order chi connectivity index (χ1) is 9.11. The molecule has 0 bridgehead atoms. The number of benzene rings is 1. The summed E-state index contributed by atoms with van der Waals surface area (Å²) in [6, 6.07) is 7.38. The lowest BCUT2D eigenvalue weighted by Crippen LogP contribution is -2.24. The Balaban J connectivity index is 2.05. The molecule has 4 nitrogen and oxygen atoms in total. The van der Waals surface area contributed by atoms with Gasteiger partial charge in [-0.05, 0) is 25.5 Å². The molecule has 2 aromatic rings. The van der Waals surface area contributed by atoms with Crippen molar-refractivity contribution in [2.75, 3.05) is 0 Å². The van der Waals surface area contributed by atoms with E-state index in [1.807, 2.05) is 32.0 Å². The van der Waals surface area contributed by atoms with E-state index in [4.69, 9.17) is 5.73 Å². The monoisotopic (exact) mass is 275 g/mol. The van der Waals surface area contributed by atoms with Gasteiger partial charge in [0.2, 0.25) is 0 Å². The fourth-order valence-corrected chi connectivity index (χ4v) is 2.66. The van der Waals surface area contributed by atoms with Gasteiger partial charge < -0.3 is 11.1 Å². The second kappa shape index (κ2) is 5.95. The molecule has 0 aliphatic heterocycles. The summed E-state index contributed by atoms with van der Waals surface area (Å²) in [4.78, 5) is 17.7. The van der Waals surface area contributed by atoms with E-state index >= 15 is 0 Å². The van der Waals surface area contributed by atoms with Crippen molar-refractivity contribution in [2.24, 2.45) is 5.73 Å². The molecule has 1 aromatic heterocycles. The number of carbonyl (C=O) groups is 1. The minimum atomic E-state index is -0.105. The van der Waals surface area contributed by atoms with E-state index in [9.17, 15) is 4.79 Å². The van der Waals surface area contributed by atoms with Gasteiger partial charge in [-0.2, -0.15) is 0 Å². The zero-order chi connectivity index (χ0) is 13.8. The van der Waals surface area contributed by atoms with Crippen LogP contribution in [-0.2, 0) is 13.1 Å². The summed E-state index contributed by atoms with van der Waals surface area (Å²) >= 11 is 1.61. The van der Waals surface area contributed by atoms with Crippen LogP contribution in [0, 0.1) is 13.8 Å². The highest BCUT2D eigenvalue weighted by atomic mass is 32.1. The van der Waals surface area contributed by atoms with E-state index in [1.165, 1.54) is 4.88 Å². The molecular weight excluding hydrogens is 258 g/mol. The van der Waals surface area contributed by atoms with Crippen molar-refractivity contribution in [1.29, 1.82) is 0 Å². The molecule has 3 N–H and O–H groups in total. The van der Waals surface area contributed by atoms with Gasteiger partial charge in [-0.1, -0.05) is 18.2 Å². The van der Waals surface area contributed by atoms with E-state index < -0.39 is 0 Å². The van der Waals surface area contributed by atoms with Crippen molar-refractivity contribution in [3.63, 3.8) is 0 Å². The number of thiazole rings is 1. The molecule has 19 heavy (non-hydrogen) atoms. The Labute approximate surface area is 116 Å². The summed E-state index contributed by atoms with van der Waals surface area (Å²) in [6.07, 6.45) is 0. The Hall–Kier alpha value is -1.72. The topological polar surface area (TPSA) is 68.0 Å². The van der Waals surface area contributed by atoms with Crippen LogP contribution < -0.4 is 11.1 Å². The van der Waals surface area contributed by atoms with Gasteiger partial charge in [0, 0.05) is 17.0 Å². The standard InChI is InChI=1S/C14H17N3OS/c1-9-10(2)19-13(17-9)8-16-14(18)12-6-4-3-5-11(12)7-15/h3-6H,7-8,15H2,1-2H3,(H,16,18). The number of nitrogens with one attached hydrogen (secondary N) is 1. The Kier molecular flexibility index (Phi) is 4.29. The van der Waals surface area contributed by atoms with Crippen LogP contribution in [-0.4, -0.2) is 10.9 Å². The summed E-state index contributed by atoms with van der Waals surface area (Å²) in [6.45, 7) is 4.82. The highest BCUT2D eigenvalue weighted by Gasteiger charge is 2.10. The largest absolute Gasteiger partial charge is 0.346 e. The third-order valence-corrected chi connectivity index (χ3v) is 4.03. The molecule has 0 spiro atoms. The lowest BCUT2D eigenvalue weighted by molar-refractivity contribution is 0.0950. The molecule has 0 aliphatic carbocycles. The number of rotatable bonds is 4. The molecule has 1 aromatic carbocycles. The third kappa shape index (κ3) is 3.19. The van der Waals surface area contributed by atoms with Gasteiger partial charge in [-0.3, -0.25) is 4.79 Å². The third-order valence-electron chi connectivity index (χ3n) is 2.95. The van der Waals surface area contributed by atoms with Crippen LogP contribution in [0.3, 0.4) is 0 Å². The van der Waals surface area contributed by atoms with Crippen molar-refractivity contribution in [2.45, 2.75) is 26.9 Å². The molecule has 0 unspecified atom stereocenters. The first-order valence-corrected chi connectivity index (χ1v) is 6.92. The maximum atomic E-state index is 12.1. The first kappa shape index (κ1) is 13.7. The number of carbonyl (C=O) groups excluding carboxylic acids is 1. The normalized spacial score (nSPS) is 10.5. The lowest BCUT2D eigenvalue weighted by atomic mass is 10.1. The van der Waals surface area contributed by atoms with Crippen molar-refractivity contribution in [1.82, 2.24) is 10.3 Å². The zero-order valence-corrected chi connectivity index (χ0v) is 11.9. The molecule has 0 aliphatic rings. The summed E-state index contributed by atoms with van der Waals surface area (Å²) in [5.74, 6) is -0.105.